The van der Waals surface area contributed by atoms with E-state index in [0.717, 1.165) is 12.8 Å². The van der Waals surface area contributed by atoms with Crippen LogP contribution in [0.1, 0.15) is 42.4 Å². The van der Waals surface area contributed by atoms with E-state index in [2.05, 4.69) is 9.72 Å². The first-order valence-corrected chi connectivity index (χ1v) is 4.79. The van der Waals surface area contributed by atoms with Crippen LogP contribution >= 0.6 is 0 Å². The molecule has 0 aromatic carbocycles. The Labute approximate surface area is 83.3 Å². The maximum atomic E-state index is 11.3. The Balaban J connectivity index is 2.99. The minimum atomic E-state index is -0.444. The molecule has 4 nitrogen and oxygen atoms in total. The van der Waals surface area contributed by atoms with Crippen molar-refractivity contribution in [1.29, 1.82) is 0 Å². The van der Waals surface area contributed by atoms with Gasteiger partial charge in [0.05, 0.1) is 12.8 Å². The predicted molar refractivity (Wildman–Crippen MR) is 51.2 cm³/mol. The van der Waals surface area contributed by atoms with Crippen molar-refractivity contribution in [2.24, 2.45) is 0 Å². The quantitative estimate of drug-likeness (QED) is 0.692. The predicted octanol–water partition coefficient (Wildman–Crippen LogP) is 1.98. The number of esters is 1. The van der Waals surface area contributed by atoms with Crippen LogP contribution in [0.15, 0.2) is 4.42 Å². The van der Waals surface area contributed by atoms with E-state index in [1.807, 2.05) is 13.8 Å². The van der Waals surface area contributed by atoms with Gasteiger partial charge in [0, 0.05) is 6.42 Å². The minimum Gasteiger partial charge on any atom is -0.463 e. The zero-order chi connectivity index (χ0) is 10.6. The fraction of sp³-hybridized carbons (Fsp3) is 0.600. The molecule has 0 aliphatic heterocycles. The lowest BCUT2D eigenvalue weighted by Gasteiger charge is -1.96. The van der Waals surface area contributed by atoms with E-state index < -0.39 is 5.97 Å². The number of ether oxygens (including phenoxy) is 1. The lowest BCUT2D eigenvalue weighted by Crippen LogP contribution is -2.03. The van der Waals surface area contributed by atoms with Gasteiger partial charge in [-0.2, -0.15) is 0 Å². The van der Waals surface area contributed by atoms with E-state index in [0.29, 0.717) is 18.0 Å². The molecule has 0 spiro atoms. The molecule has 14 heavy (non-hydrogen) atoms. The first-order chi connectivity index (χ1) is 6.72. The Hall–Kier alpha value is -1.32. The average Bonchev–Trinajstić information content (AvgIpc) is 2.61. The number of hydrogen-bond donors (Lipinski definition) is 0. The summed E-state index contributed by atoms with van der Waals surface area (Å²) >= 11 is 0. The Bertz CT molecular complexity index is 317. The maximum Gasteiger partial charge on any atom is 0.375 e. The van der Waals surface area contributed by atoms with Crippen LogP contribution in [0.3, 0.4) is 0 Å². The number of oxazole rings is 1. The standard InChI is InChI=1S/C10H15NO3/c1-4-6-7-9(10(12)13-3)14-8(5-2)11-7/h4-6H2,1-3H3. The fourth-order valence-corrected chi connectivity index (χ4v) is 1.21. The zero-order valence-corrected chi connectivity index (χ0v) is 8.79. The molecule has 1 rings (SSSR count). The monoisotopic (exact) mass is 197 g/mol. The zero-order valence-electron chi connectivity index (χ0n) is 8.79. The summed E-state index contributed by atoms with van der Waals surface area (Å²) in [5, 5.41) is 0. The highest BCUT2D eigenvalue weighted by Crippen LogP contribution is 2.14. The van der Waals surface area contributed by atoms with Crippen molar-refractivity contribution >= 4 is 5.97 Å². The van der Waals surface area contributed by atoms with Crippen LogP contribution in [0.4, 0.5) is 0 Å². The van der Waals surface area contributed by atoms with E-state index >= 15 is 0 Å². The van der Waals surface area contributed by atoms with Crippen molar-refractivity contribution in [2.45, 2.75) is 33.1 Å². The minimum absolute atomic E-state index is 0.256. The summed E-state index contributed by atoms with van der Waals surface area (Å²) in [5.74, 6) is 0.403. The highest BCUT2D eigenvalue weighted by molar-refractivity contribution is 5.87. The van der Waals surface area contributed by atoms with Gasteiger partial charge in [-0.15, -0.1) is 0 Å². The molecule has 0 amide bonds. The largest absolute Gasteiger partial charge is 0.463 e. The molecule has 0 radical (unpaired) electrons. The second kappa shape index (κ2) is 4.79. The molecule has 0 aliphatic rings. The third-order valence-electron chi connectivity index (χ3n) is 1.90. The van der Waals surface area contributed by atoms with Gasteiger partial charge in [0.15, 0.2) is 5.89 Å². The molecule has 1 aromatic heterocycles. The van der Waals surface area contributed by atoms with Crippen molar-refractivity contribution in [3.8, 4) is 0 Å². The van der Waals surface area contributed by atoms with Crippen LogP contribution in [0, 0.1) is 0 Å². The van der Waals surface area contributed by atoms with Crippen LogP contribution in [-0.4, -0.2) is 18.1 Å². The Morgan fingerprint density at radius 3 is 2.71 bits per heavy atom. The summed E-state index contributed by atoms with van der Waals surface area (Å²) in [6, 6.07) is 0. The van der Waals surface area contributed by atoms with Gasteiger partial charge >= 0.3 is 5.97 Å². The normalized spacial score (nSPS) is 10.2. The second-order valence-corrected chi connectivity index (χ2v) is 2.98. The average molecular weight is 197 g/mol. The van der Waals surface area contributed by atoms with Crippen molar-refractivity contribution in [3.63, 3.8) is 0 Å². The summed E-state index contributed by atoms with van der Waals surface area (Å²) in [6.45, 7) is 3.96. The second-order valence-electron chi connectivity index (χ2n) is 2.98. The van der Waals surface area contributed by atoms with Crippen LogP contribution in [0.5, 0.6) is 0 Å². The molecular weight excluding hydrogens is 182 g/mol. The fourth-order valence-electron chi connectivity index (χ4n) is 1.21. The molecule has 4 heteroatoms. The number of carbonyl (C=O) groups is 1. The summed E-state index contributed by atoms with van der Waals surface area (Å²) in [5.41, 5.74) is 0.705. The third-order valence-corrected chi connectivity index (χ3v) is 1.90. The third kappa shape index (κ3) is 2.13. The van der Waals surface area contributed by atoms with Gasteiger partial charge in [-0.1, -0.05) is 20.3 Å². The number of methoxy groups -OCH3 is 1. The first kappa shape index (κ1) is 10.8. The number of rotatable bonds is 4. The molecule has 0 atom stereocenters. The van der Waals surface area contributed by atoms with Crippen LogP contribution in [-0.2, 0) is 17.6 Å². The molecule has 0 aliphatic carbocycles. The number of carbonyl (C=O) groups excluding carboxylic acids is 1. The van der Waals surface area contributed by atoms with Gasteiger partial charge in [0.25, 0.3) is 0 Å². The topological polar surface area (TPSA) is 52.3 Å². The molecule has 0 unspecified atom stereocenters. The Morgan fingerprint density at radius 2 is 2.21 bits per heavy atom. The highest BCUT2D eigenvalue weighted by Gasteiger charge is 2.19. The van der Waals surface area contributed by atoms with Crippen LogP contribution in [0.2, 0.25) is 0 Å². The number of aromatic nitrogens is 1. The van der Waals surface area contributed by atoms with E-state index in [1.165, 1.54) is 7.11 Å². The summed E-state index contributed by atoms with van der Waals surface area (Å²) < 4.78 is 9.89. The molecular formula is C10H15NO3. The van der Waals surface area contributed by atoms with Crippen LogP contribution in [0.25, 0.3) is 0 Å². The molecule has 0 N–H and O–H groups in total. The molecule has 0 fully saturated rings. The lowest BCUT2D eigenvalue weighted by molar-refractivity contribution is 0.0561. The Morgan fingerprint density at radius 1 is 1.50 bits per heavy atom. The lowest BCUT2D eigenvalue weighted by atomic mass is 10.2. The highest BCUT2D eigenvalue weighted by atomic mass is 16.5. The van der Waals surface area contributed by atoms with Gasteiger partial charge in [-0.3, -0.25) is 0 Å². The molecule has 1 aromatic rings. The van der Waals surface area contributed by atoms with E-state index in [4.69, 9.17) is 4.42 Å². The van der Waals surface area contributed by atoms with Crippen LogP contribution < -0.4 is 0 Å². The first-order valence-electron chi connectivity index (χ1n) is 4.79. The summed E-state index contributed by atoms with van der Waals surface area (Å²) in [7, 11) is 1.34. The number of hydrogen-bond acceptors (Lipinski definition) is 4. The molecule has 78 valence electrons. The van der Waals surface area contributed by atoms with Crippen molar-refractivity contribution in [1.82, 2.24) is 4.98 Å². The summed E-state index contributed by atoms with van der Waals surface area (Å²) in [6.07, 6.45) is 2.36. The van der Waals surface area contributed by atoms with E-state index in [9.17, 15) is 4.79 Å². The van der Waals surface area contributed by atoms with Gasteiger partial charge in [-0.25, -0.2) is 9.78 Å². The number of nitrogens with zero attached hydrogens (tertiary/aromatic N) is 1. The molecule has 0 saturated carbocycles. The van der Waals surface area contributed by atoms with Crippen molar-refractivity contribution in [3.05, 3.63) is 17.3 Å². The van der Waals surface area contributed by atoms with Crippen molar-refractivity contribution < 1.29 is 13.9 Å². The maximum absolute atomic E-state index is 11.3. The molecule has 0 bridgehead atoms. The number of aryl methyl sites for hydroxylation is 2. The summed E-state index contributed by atoms with van der Waals surface area (Å²) in [4.78, 5) is 15.5. The van der Waals surface area contributed by atoms with E-state index in [-0.39, 0.29) is 5.76 Å². The Kier molecular flexibility index (Phi) is 3.68. The van der Waals surface area contributed by atoms with Gasteiger partial charge in [0.2, 0.25) is 5.76 Å². The van der Waals surface area contributed by atoms with Gasteiger partial charge in [0.1, 0.15) is 0 Å². The van der Waals surface area contributed by atoms with Gasteiger partial charge in [-0.05, 0) is 6.42 Å². The smallest absolute Gasteiger partial charge is 0.375 e. The molecule has 0 saturated heterocycles. The van der Waals surface area contributed by atoms with E-state index in [1.54, 1.807) is 0 Å². The van der Waals surface area contributed by atoms with Gasteiger partial charge < -0.3 is 9.15 Å². The molecule has 1 heterocycles. The van der Waals surface area contributed by atoms with Crippen molar-refractivity contribution in [2.75, 3.05) is 7.11 Å². The SMILES string of the molecule is CCCc1nc(CC)oc1C(=O)OC.